The zero-order valence-electron chi connectivity index (χ0n) is 17.1. The minimum atomic E-state index is -0.0482. The molecule has 1 unspecified atom stereocenters. The van der Waals surface area contributed by atoms with E-state index >= 15 is 0 Å². The lowest BCUT2D eigenvalue weighted by Gasteiger charge is -2.28. The first-order chi connectivity index (χ1) is 14.7. The molecule has 5 nitrogen and oxygen atoms in total. The lowest BCUT2D eigenvalue weighted by molar-refractivity contribution is -0.134. The molecule has 0 bridgehead atoms. The summed E-state index contributed by atoms with van der Waals surface area (Å²) in [6.07, 6.45) is 4.83. The van der Waals surface area contributed by atoms with Crippen molar-refractivity contribution in [3.05, 3.63) is 84.6 Å². The fourth-order valence-corrected chi connectivity index (χ4v) is 4.21. The van der Waals surface area contributed by atoms with E-state index in [0.29, 0.717) is 18.9 Å². The number of imidazole rings is 1. The molecule has 0 saturated heterocycles. The van der Waals surface area contributed by atoms with Gasteiger partial charge >= 0.3 is 0 Å². The Morgan fingerprint density at radius 3 is 2.60 bits per heavy atom. The summed E-state index contributed by atoms with van der Waals surface area (Å²) in [5, 5.41) is 0. The fraction of sp³-hybridized carbons (Fsp3) is 0.280. The molecule has 2 aromatic carbocycles. The van der Waals surface area contributed by atoms with Crippen LogP contribution in [0.4, 0.5) is 0 Å². The van der Waals surface area contributed by atoms with Gasteiger partial charge < -0.3 is 9.32 Å². The highest BCUT2D eigenvalue weighted by Gasteiger charge is 2.37. The Labute approximate surface area is 175 Å². The zero-order chi connectivity index (χ0) is 20.5. The molecule has 1 fully saturated rings. The van der Waals surface area contributed by atoms with Crippen molar-refractivity contribution in [3.8, 4) is 5.69 Å². The minimum Gasteiger partial charge on any atom is -0.467 e. The van der Waals surface area contributed by atoms with Gasteiger partial charge in [0.25, 0.3) is 0 Å². The number of para-hydroxylation sites is 3. The first-order valence-corrected chi connectivity index (χ1v) is 10.6. The molecule has 1 atom stereocenters. The third-order valence-electron chi connectivity index (χ3n) is 5.81. The quantitative estimate of drug-likeness (QED) is 0.423. The van der Waals surface area contributed by atoms with Crippen molar-refractivity contribution in [2.45, 2.75) is 44.7 Å². The number of aryl methyl sites for hydroxylation is 1. The van der Waals surface area contributed by atoms with Crippen LogP contribution < -0.4 is 0 Å². The van der Waals surface area contributed by atoms with Gasteiger partial charge in [0.1, 0.15) is 11.6 Å². The highest BCUT2D eigenvalue weighted by Crippen LogP contribution is 2.35. The minimum absolute atomic E-state index is 0.0482. The van der Waals surface area contributed by atoms with Crippen molar-refractivity contribution in [3.63, 3.8) is 0 Å². The Morgan fingerprint density at radius 2 is 1.87 bits per heavy atom. The number of hydrogen-bond donors (Lipinski definition) is 0. The maximum Gasteiger partial charge on any atom is 0.223 e. The van der Waals surface area contributed by atoms with Gasteiger partial charge in [-0.1, -0.05) is 30.3 Å². The van der Waals surface area contributed by atoms with Crippen LogP contribution in [0.2, 0.25) is 0 Å². The van der Waals surface area contributed by atoms with Gasteiger partial charge in [0.15, 0.2) is 0 Å². The molecule has 1 saturated carbocycles. The van der Waals surface area contributed by atoms with Crippen LogP contribution in [0.3, 0.4) is 0 Å². The molecule has 0 aliphatic heterocycles. The number of nitrogens with zero attached hydrogens (tertiary/aromatic N) is 3. The Balaban J connectivity index is 1.41. The monoisotopic (exact) mass is 399 g/mol. The van der Waals surface area contributed by atoms with Crippen LogP contribution >= 0.6 is 0 Å². The Morgan fingerprint density at radius 1 is 1.10 bits per heavy atom. The molecule has 0 spiro atoms. The number of amides is 1. The SMILES string of the molecule is CC(c1ccco1)N(C(=O)CCc1nc2ccccc2n1-c1ccccc1)C1CC1. The number of fused-ring (bicyclic) bond motifs is 1. The van der Waals surface area contributed by atoms with Crippen LogP contribution in [0.15, 0.2) is 77.4 Å². The summed E-state index contributed by atoms with van der Waals surface area (Å²) in [5.74, 6) is 1.91. The van der Waals surface area contributed by atoms with Crippen molar-refractivity contribution in [1.29, 1.82) is 0 Å². The summed E-state index contributed by atoms with van der Waals surface area (Å²) in [7, 11) is 0. The first kappa shape index (κ1) is 18.7. The van der Waals surface area contributed by atoms with Gasteiger partial charge in [-0.25, -0.2) is 4.98 Å². The molecule has 4 aromatic rings. The molecule has 30 heavy (non-hydrogen) atoms. The lowest BCUT2D eigenvalue weighted by atomic mass is 10.1. The summed E-state index contributed by atoms with van der Waals surface area (Å²) >= 11 is 0. The molecule has 1 aliphatic carbocycles. The number of benzene rings is 2. The summed E-state index contributed by atoms with van der Waals surface area (Å²) in [6, 6.07) is 22.4. The fourth-order valence-electron chi connectivity index (χ4n) is 4.21. The molecule has 1 aliphatic rings. The number of carbonyl (C=O) groups is 1. The topological polar surface area (TPSA) is 51.3 Å². The molecule has 1 amide bonds. The largest absolute Gasteiger partial charge is 0.467 e. The summed E-state index contributed by atoms with van der Waals surface area (Å²) in [5.41, 5.74) is 3.08. The number of carbonyl (C=O) groups excluding carboxylic acids is 1. The maximum absolute atomic E-state index is 13.2. The van der Waals surface area contributed by atoms with E-state index in [2.05, 4.69) is 22.8 Å². The van der Waals surface area contributed by atoms with Crippen molar-refractivity contribution in [2.75, 3.05) is 0 Å². The molecule has 5 rings (SSSR count). The second-order valence-electron chi connectivity index (χ2n) is 7.91. The number of aromatic nitrogens is 2. The number of rotatable bonds is 7. The third-order valence-corrected chi connectivity index (χ3v) is 5.81. The molecule has 0 N–H and O–H groups in total. The zero-order valence-corrected chi connectivity index (χ0v) is 17.1. The summed E-state index contributed by atoms with van der Waals surface area (Å²) in [4.78, 5) is 20.1. The van der Waals surface area contributed by atoms with E-state index < -0.39 is 0 Å². The van der Waals surface area contributed by atoms with Crippen LogP contribution in [-0.4, -0.2) is 26.4 Å². The average Bonchev–Trinajstić information content (AvgIpc) is 3.31. The molecular weight excluding hydrogens is 374 g/mol. The molecule has 2 heterocycles. The predicted molar refractivity (Wildman–Crippen MR) is 116 cm³/mol. The van der Waals surface area contributed by atoms with Gasteiger partial charge in [-0.15, -0.1) is 0 Å². The molecule has 152 valence electrons. The van der Waals surface area contributed by atoms with Gasteiger partial charge in [-0.05, 0) is 56.2 Å². The van der Waals surface area contributed by atoms with Gasteiger partial charge in [-0.2, -0.15) is 0 Å². The Bertz CT molecular complexity index is 1140. The van der Waals surface area contributed by atoms with Crippen molar-refractivity contribution in [1.82, 2.24) is 14.5 Å². The first-order valence-electron chi connectivity index (χ1n) is 10.6. The van der Waals surface area contributed by atoms with E-state index in [0.717, 1.165) is 41.1 Å². The number of hydrogen-bond acceptors (Lipinski definition) is 3. The second kappa shape index (κ2) is 7.82. The van der Waals surface area contributed by atoms with E-state index in [4.69, 9.17) is 9.40 Å². The highest BCUT2D eigenvalue weighted by molar-refractivity contribution is 5.80. The van der Waals surface area contributed by atoms with Gasteiger partial charge in [0, 0.05) is 24.6 Å². The average molecular weight is 399 g/mol. The van der Waals surface area contributed by atoms with Gasteiger partial charge in [0.05, 0.1) is 23.3 Å². The molecular formula is C25H25N3O2. The molecule has 5 heteroatoms. The second-order valence-corrected chi connectivity index (χ2v) is 7.91. The van der Waals surface area contributed by atoms with Crippen LogP contribution in [0.25, 0.3) is 16.7 Å². The van der Waals surface area contributed by atoms with Crippen LogP contribution in [0, 0.1) is 0 Å². The van der Waals surface area contributed by atoms with Crippen molar-refractivity contribution < 1.29 is 9.21 Å². The van der Waals surface area contributed by atoms with E-state index in [1.807, 2.05) is 60.4 Å². The van der Waals surface area contributed by atoms with Crippen molar-refractivity contribution in [2.24, 2.45) is 0 Å². The highest BCUT2D eigenvalue weighted by atomic mass is 16.3. The Hall–Kier alpha value is -3.34. The molecule has 0 radical (unpaired) electrons. The summed E-state index contributed by atoms with van der Waals surface area (Å²) < 4.78 is 7.74. The smallest absolute Gasteiger partial charge is 0.223 e. The van der Waals surface area contributed by atoms with Gasteiger partial charge in [-0.3, -0.25) is 9.36 Å². The third kappa shape index (κ3) is 3.52. The summed E-state index contributed by atoms with van der Waals surface area (Å²) in [6.45, 7) is 2.05. The van der Waals surface area contributed by atoms with E-state index in [-0.39, 0.29) is 11.9 Å². The van der Waals surface area contributed by atoms with Gasteiger partial charge in [0.2, 0.25) is 5.91 Å². The lowest BCUT2D eigenvalue weighted by Crippen LogP contribution is -2.35. The van der Waals surface area contributed by atoms with Crippen LogP contribution in [0.1, 0.15) is 43.8 Å². The van der Waals surface area contributed by atoms with E-state index in [1.54, 1.807) is 6.26 Å². The maximum atomic E-state index is 13.2. The Kier molecular flexibility index (Phi) is 4.87. The number of furan rings is 1. The van der Waals surface area contributed by atoms with Crippen LogP contribution in [0.5, 0.6) is 0 Å². The van der Waals surface area contributed by atoms with E-state index in [9.17, 15) is 4.79 Å². The van der Waals surface area contributed by atoms with Crippen molar-refractivity contribution >= 4 is 16.9 Å². The molecule has 2 aromatic heterocycles. The standard InChI is InChI=1S/C25H25N3O2/c1-18(23-12-7-17-30-23)27(20-13-14-20)25(29)16-15-24-26-21-10-5-6-11-22(21)28(24)19-8-3-2-4-9-19/h2-12,17-18,20H,13-16H2,1H3. The normalized spacial score (nSPS) is 14.7. The van der Waals surface area contributed by atoms with E-state index in [1.165, 1.54) is 0 Å². The predicted octanol–water partition coefficient (Wildman–Crippen LogP) is 5.30. The van der Waals surface area contributed by atoms with Crippen LogP contribution in [-0.2, 0) is 11.2 Å².